The van der Waals surface area contributed by atoms with Crippen molar-refractivity contribution in [1.29, 1.82) is 0 Å². The number of rotatable bonds is 3. The lowest BCUT2D eigenvalue weighted by atomic mass is 9.83. The Balaban J connectivity index is 1.42. The van der Waals surface area contributed by atoms with Crippen LogP contribution in [0.25, 0.3) is 0 Å². The van der Waals surface area contributed by atoms with Gasteiger partial charge in [-0.05, 0) is 49.3 Å². The number of aromatic nitrogens is 1. The lowest BCUT2D eigenvalue weighted by Crippen LogP contribution is -2.47. The average molecular weight is 437 g/mol. The van der Waals surface area contributed by atoms with Gasteiger partial charge in [-0.15, -0.1) is 0 Å². The largest absolute Gasteiger partial charge is 0.365 e. The van der Waals surface area contributed by atoms with Gasteiger partial charge in [-0.1, -0.05) is 13.0 Å². The Morgan fingerprint density at radius 1 is 1.09 bits per heavy atom. The summed E-state index contributed by atoms with van der Waals surface area (Å²) in [5.41, 5.74) is 1.94. The van der Waals surface area contributed by atoms with Crippen LogP contribution in [-0.2, 0) is 6.54 Å². The van der Waals surface area contributed by atoms with Crippen LogP contribution in [0.15, 0.2) is 41.2 Å². The Bertz CT molecular complexity index is 1120. The number of anilines is 1. The molecular formula is C24H28N4O4. The number of hydrogen-bond donors (Lipinski definition) is 0. The second-order valence-electron chi connectivity index (χ2n) is 9.54. The summed E-state index contributed by atoms with van der Waals surface area (Å²) < 4.78 is 1.85. The molecule has 0 unspecified atom stereocenters. The first kappa shape index (κ1) is 20.7. The van der Waals surface area contributed by atoms with Gasteiger partial charge in [0.2, 0.25) is 0 Å². The predicted molar refractivity (Wildman–Crippen MR) is 121 cm³/mol. The fourth-order valence-electron chi connectivity index (χ4n) is 5.56. The molecule has 0 saturated carbocycles. The molecule has 8 nitrogen and oxygen atoms in total. The third-order valence-corrected chi connectivity index (χ3v) is 7.31. The van der Waals surface area contributed by atoms with Gasteiger partial charge < -0.3 is 14.4 Å². The van der Waals surface area contributed by atoms with Gasteiger partial charge in [-0.2, -0.15) is 0 Å². The molecule has 1 aromatic heterocycles. The van der Waals surface area contributed by atoms with E-state index >= 15 is 0 Å². The van der Waals surface area contributed by atoms with Crippen molar-refractivity contribution in [3.63, 3.8) is 0 Å². The number of nitro benzene ring substituents is 1. The molecule has 1 aromatic carbocycles. The summed E-state index contributed by atoms with van der Waals surface area (Å²) in [6, 6.07) is 10.3. The summed E-state index contributed by atoms with van der Waals surface area (Å²) >= 11 is 0. The zero-order chi connectivity index (χ0) is 22.4. The Morgan fingerprint density at radius 3 is 2.62 bits per heavy atom. The third kappa shape index (κ3) is 3.67. The van der Waals surface area contributed by atoms with Crippen molar-refractivity contribution in [3.05, 3.63) is 68.1 Å². The summed E-state index contributed by atoms with van der Waals surface area (Å²) in [6.07, 6.45) is 2.91. The first-order chi connectivity index (χ1) is 15.4. The molecule has 0 aliphatic carbocycles. The average Bonchev–Trinajstić information content (AvgIpc) is 2.79. The van der Waals surface area contributed by atoms with Crippen molar-refractivity contribution in [2.45, 2.75) is 38.6 Å². The van der Waals surface area contributed by atoms with Crippen LogP contribution in [0.1, 0.15) is 48.2 Å². The summed E-state index contributed by atoms with van der Waals surface area (Å²) in [5.74, 6) is 0.899. The number of fused-ring (bicyclic) bond motifs is 4. The molecule has 2 aromatic rings. The van der Waals surface area contributed by atoms with Gasteiger partial charge in [-0.25, -0.2) is 0 Å². The molecule has 2 bridgehead atoms. The van der Waals surface area contributed by atoms with Gasteiger partial charge in [0.15, 0.2) is 0 Å². The third-order valence-electron chi connectivity index (χ3n) is 7.31. The molecule has 2 atom stereocenters. The van der Waals surface area contributed by atoms with Gasteiger partial charge in [0, 0.05) is 62.0 Å². The van der Waals surface area contributed by atoms with Gasteiger partial charge in [0.05, 0.1) is 4.92 Å². The zero-order valence-corrected chi connectivity index (χ0v) is 18.3. The molecule has 32 heavy (non-hydrogen) atoms. The van der Waals surface area contributed by atoms with Crippen molar-refractivity contribution in [2.75, 3.05) is 31.1 Å². The monoisotopic (exact) mass is 436 g/mol. The van der Waals surface area contributed by atoms with E-state index in [0.29, 0.717) is 49.9 Å². The van der Waals surface area contributed by atoms with E-state index in [2.05, 4.69) is 11.8 Å². The molecular weight excluding hydrogens is 408 g/mol. The number of amides is 1. The first-order valence-corrected chi connectivity index (χ1v) is 11.4. The maximum Gasteiger partial charge on any atom is 0.293 e. The number of piperidine rings is 2. The molecule has 3 aliphatic rings. The smallest absolute Gasteiger partial charge is 0.293 e. The lowest BCUT2D eigenvalue weighted by Gasteiger charge is -2.43. The maximum absolute atomic E-state index is 13.0. The fourth-order valence-corrected chi connectivity index (χ4v) is 5.56. The van der Waals surface area contributed by atoms with Crippen LogP contribution in [0.5, 0.6) is 0 Å². The number of nitrogens with zero attached hydrogens (tertiary/aromatic N) is 4. The zero-order valence-electron chi connectivity index (χ0n) is 18.3. The molecule has 3 aliphatic heterocycles. The molecule has 0 radical (unpaired) electrons. The number of carbonyl (C=O) groups excluding carboxylic acids is 1. The van der Waals surface area contributed by atoms with Crippen molar-refractivity contribution >= 4 is 17.3 Å². The second-order valence-corrected chi connectivity index (χ2v) is 9.54. The Kier molecular flexibility index (Phi) is 5.23. The van der Waals surface area contributed by atoms with E-state index in [-0.39, 0.29) is 33.9 Å². The van der Waals surface area contributed by atoms with E-state index in [1.54, 1.807) is 29.2 Å². The summed E-state index contributed by atoms with van der Waals surface area (Å²) in [7, 11) is 0. The highest BCUT2D eigenvalue weighted by Gasteiger charge is 2.36. The van der Waals surface area contributed by atoms with Crippen LogP contribution in [0.4, 0.5) is 11.4 Å². The predicted octanol–water partition coefficient (Wildman–Crippen LogP) is 3.25. The summed E-state index contributed by atoms with van der Waals surface area (Å²) in [6.45, 7) is 5.51. The standard InChI is InChI=1S/C24H28N4O4/c1-16-7-9-25(10-8-16)24(30)18-5-6-21(22(12-18)28(31)32)26-13-17-11-19(15-26)20-3-2-4-23(29)27(20)14-17/h2-6,12,16-17,19H,7-11,13-15H2,1H3/t17-,19+/m1/s1. The van der Waals surface area contributed by atoms with Crippen LogP contribution >= 0.6 is 0 Å². The molecule has 5 rings (SSSR count). The van der Waals surface area contributed by atoms with Gasteiger partial charge in [0.1, 0.15) is 5.69 Å². The Hall–Kier alpha value is -3.16. The fraction of sp³-hybridized carbons (Fsp3) is 0.500. The normalized spacial score (nSPS) is 23.0. The number of carbonyl (C=O) groups is 1. The minimum Gasteiger partial charge on any atom is -0.365 e. The van der Waals surface area contributed by atoms with Crippen LogP contribution < -0.4 is 10.5 Å². The van der Waals surface area contributed by atoms with Gasteiger partial charge in [0.25, 0.3) is 17.2 Å². The molecule has 168 valence electrons. The Morgan fingerprint density at radius 2 is 1.88 bits per heavy atom. The molecule has 4 heterocycles. The van der Waals surface area contributed by atoms with Crippen LogP contribution in [0.2, 0.25) is 0 Å². The SMILES string of the molecule is CC1CCN(C(=O)c2ccc(N3C[C@H]4C[C@@H](C3)c3cccc(=O)n3C4)c([N+](=O)[O-])c2)CC1. The van der Waals surface area contributed by atoms with E-state index in [0.717, 1.165) is 25.0 Å². The highest BCUT2D eigenvalue weighted by atomic mass is 16.6. The van der Waals surface area contributed by atoms with Crippen LogP contribution in [-0.4, -0.2) is 46.5 Å². The van der Waals surface area contributed by atoms with E-state index in [1.807, 2.05) is 10.6 Å². The quantitative estimate of drug-likeness (QED) is 0.544. The maximum atomic E-state index is 13.0. The first-order valence-electron chi connectivity index (χ1n) is 11.4. The molecule has 0 N–H and O–H groups in total. The highest BCUT2D eigenvalue weighted by molar-refractivity contribution is 5.96. The number of pyridine rings is 1. The van der Waals surface area contributed by atoms with Crippen molar-refractivity contribution in [1.82, 2.24) is 9.47 Å². The Labute approximate surface area is 186 Å². The molecule has 0 spiro atoms. The second kappa shape index (κ2) is 8.07. The molecule has 8 heteroatoms. The van der Waals surface area contributed by atoms with E-state index in [4.69, 9.17) is 0 Å². The molecule has 2 fully saturated rings. The van der Waals surface area contributed by atoms with Crippen molar-refractivity contribution in [2.24, 2.45) is 11.8 Å². The summed E-state index contributed by atoms with van der Waals surface area (Å²) in [5, 5.41) is 12.0. The van der Waals surface area contributed by atoms with Gasteiger partial charge >= 0.3 is 0 Å². The number of benzene rings is 1. The van der Waals surface area contributed by atoms with E-state index in [1.165, 1.54) is 6.07 Å². The lowest BCUT2D eigenvalue weighted by molar-refractivity contribution is -0.384. The van der Waals surface area contributed by atoms with E-state index in [9.17, 15) is 19.7 Å². The molecule has 1 amide bonds. The number of nitro groups is 1. The molecule has 2 saturated heterocycles. The van der Waals surface area contributed by atoms with Crippen molar-refractivity contribution < 1.29 is 9.72 Å². The topological polar surface area (TPSA) is 88.7 Å². The minimum atomic E-state index is -0.382. The van der Waals surface area contributed by atoms with Crippen LogP contribution in [0, 0.1) is 22.0 Å². The van der Waals surface area contributed by atoms with E-state index < -0.39 is 0 Å². The minimum absolute atomic E-state index is 0.0200. The van der Waals surface area contributed by atoms with Crippen molar-refractivity contribution in [3.8, 4) is 0 Å². The summed E-state index contributed by atoms with van der Waals surface area (Å²) in [4.78, 5) is 40.7. The van der Waals surface area contributed by atoms with Gasteiger partial charge in [-0.3, -0.25) is 19.7 Å². The number of hydrogen-bond acceptors (Lipinski definition) is 5. The highest BCUT2D eigenvalue weighted by Crippen LogP contribution is 2.40. The van der Waals surface area contributed by atoms with Crippen LogP contribution in [0.3, 0.4) is 0 Å². The number of likely N-dealkylation sites (tertiary alicyclic amines) is 1.